The molecule has 0 radical (unpaired) electrons. The Kier molecular flexibility index (Phi) is 4.50. The summed E-state index contributed by atoms with van der Waals surface area (Å²) in [4.78, 5) is 16.4. The fourth-order valence-electron chi connectivity index (χ4n) is 2.96. The first-order valence-corrected chi connectivity index (χ1v) is 7.07. The molecular weight excluding hydrogens is 269 g/mol. The highest BCUT2D eigenvalue weighted by Gasteiger charge is 2.48. The number of aromatic nitrogens is 2. The molecule has 0 N–H and O–H groups in total. The van der Waals surface area contributed by atoms with Crippen molar-refractivity contribution in [3.05, 3.63) is 18.2 Å². The van der Waals surface area contributed by atoms with Crippen LogP contribution in [0.5, 0.6) is 0 Å². The Bertz CT molecular complexity index is 467. The molecule has 1 aliphatic carbocycles. The Labute approximate surface area is 116 Å². The molecular formula is C14H19F3N2O. The molecule has 1 fully saturated rings. The molecule has 0 bridgehead atoms. The van der Waals surface area contributed by atoms with Crippen molar-refractivity contribution in [2.75, 3.05) is 0 Å². The summed E-state index contributed by atoms with van der Waals surface area (Å²) < 4.78 is 40.8. The van der Waals surface area contributed by atoms with Gasteiger partial charge >= 0.3 is 6.18 Å². The Morgan fingerprint density at radius 3 is 2.75 bits per heavy atom. The summed E-state index contributed by atoms with van der Waals surface area (Å²) in [6.07, 6.45) is 1.22. The Morgan fingerprint density at radius 2 is 2.10 bits per heavy atom. The van der Waals surface area contributed by atoms with Crippen LogP contribution in [-0.4, -0.2) is 21.5 Å². The van der Waals surface area contributed by atoms with Gasteiger partial charge in [-0.3, -0.25) is 4.79 Å². The number of nitrogens with zero attached hydrogens (tertiary/aromatic N) is 2. The number of Topliss-reactive ketones (excluding diaryl/α,β-unsaturated/α-hetero) is 1. The second-order valence-electron chi connectivity index (χ2n) is 5.35. The van der Waals surface area contributed by atoms with Crippen LogP contribution in [0.1, 0.15) is 49.6 Å². The third-order valence-corrected chi connectivity index (χ3v) is 3.92. The maximum Gasteiger partial charge on any atom is 0.392 e. The van der Waals surface area contributed by atoms with E-state index in [1.165, 1.54) is 6.20 Å². The van der Waals surface area contributed by atoms with Gasteiger partial charge in [-0.05, 0) is 19.3 Å². The van der Waals surface area contributed by atoms with E-state index >= 15 is 0 Å². The average molecular weight is 288 g/mol. The molecule has 20 heavy (non-hydrogen) atoms. The van der Waals surface area contributed by atoms with E-state index in [9.17, 15) is 18.0 Å². The topological polar surface area (TPSA) is 34.9 Å². The average Bonchev–Trinajstić information content (AvgIpc) is 2.85. The van der Waals surface area contributed by atoms with E-state index in [1.807, 2.05) is 6.92 Å². The molecule has 1 heterocycles. The van der Waals surface area contributed by atoms with Crippen LogP contribution < -0.4 is 0 Å². The second-order valence-corrected chi connectivity index (χ2v) is 5.35. The highest BCUT2D eigenvalue weighted by Crippen LogP contribution is 2.42. The number of ketones is 1. The number of hydrogen-bond acceptors (Lipinski definition) is 2. The van der Waals surface area contributed by atoms with Crippen molar-refractivity contribution in [1.29, 1.82) is 0 Å². The first-order valence-electron chi connectivity index (χ1n) is 7.07. The number of aryl methyl sites for hydroxylation is 1. The highest BCUT2D eigenvalue weighted by molar-refractivity contribution is 5.95. The lowest BCUT2D eigenvalue weighted by Gasteiger charge is -2.31. The fraction of sp³-hybridized carbons (Fsp3) is 0.714. The number of alkyl halides is 3. The van der Waals surface area contributed by atoms with Gasteiger partial charge in [-0.2, -0.15) is 13.2 Å². The Hall–Kier alpha value is -1.33. The molecule has 1 saturated carbocycles. The summed E-state index contributed by atoms with van der Waals surface area (Å²) in [7, 11) is 0. The summed E-state index contributed by atoms with van der Waals surface area (Å²) in [5.41, 5.74) is 0. The molecule has 0 saturated heterocycles. The molecule has 2 rings (SSSR count). The zero-order valence-electron chi connectivity index (χ0n) is 11.5. The molecule has 2 atom stereocenters. The summed E-state index contributed by atoms with van der Waals surface area (Å²) in [6.45, 7) is 2.55. The molecule has 1 aliphatic rings. The van der Waals surface area contributed by atoms with Crippen molar-refractivity contribution in [2.24, 2.45) is 11.8 Å². The molecule has 1 aromatic rings. The van der Waals surface area contributed by atoms with Gasteiger partial charge < -0.3 is 4.57 Å². The van der Waals surface area contributed by atoms with E-state index in [1.54, 1.807) is 10.8 Å². The Morgan fingerprint density at radius 1 is 1.40 bits per heavy atom. The van der Waals surface area contributed by atoms with E-state index in [0.717, 1.165) is 6.42 Å². The summed E-state index contributed by atoms with van der Waals surface area (Å²) >= 11 is 0. The van der Waals surface area contributed by atoms with Crippen molar-refractivity contribution < 1.29 is 18.0 Å². The zero-order chi connectivity index (χ0) is 14.8. The molecule has 0 spiro atoms. The minimum Gasteiger partial charge on any atom is -0.329 e. The maximum absolute atomic E-state index is 13.1. The number of imidazole rings is 1. The second kappa shape index (κ2) is 5.97. The SMILES string of the molecule is CCCn1ccnc1C(=O)C1CCCCC1C(F)(F)F. The normalized spacial score (nSPS) is 23.8. The number of carbonyl (C=O) groups excluding carboxylic acids is 1. The van der Waals surface area contributed by atoms with Crippen LogP contribution in [0.3, 0.4) is 0 Å². The molecule has 0 aliphatic heterocycles. The van der Waals surface area contributed by atoms with E-state index < -0.39 is 23.8 Å². The first kappa shape index (κ1) is 15.1. The van der Waals surface area contributed by atoms with Crippen molar-refractivity contribution in [1.82, 2.24) is 9.55 Å². The summed E-state index contributed by atoms with van der Waals surface area (Å²) in [5, 5.41) is 0. The number of halogens is 3. The van der Waals surface area contributed by atoms with E-state index in [4.69, 9.17) is 0 Å². The quantitative estimate of drug-likeness (QED) is 0.789. The number of rotatable bonds is 4. The predicted octanol–water partition coefficient (Wildman–Crippen LogP) is 3.84. The van der Waals surface area contributed by atoms with Gasteiger partial charge in [-0.1, -0.05) is 19.8 Å². The van der Waals surface area contributed by atoms with E-state index in [2.05, 4.69) is 4.98 Å². The minimum atomic E-state index is -4.30. The van der Waals surface area contributed by atoms with Crippen LogP contribution in [0, 0.1) is 11.8 Å². The van der Waals surface area contributed by atoms with Gasteiger partial charge in [0.1, 0.15) is 0 Å². The van der Waals surface area contributed by atoms with Crippen molar-refractivity contribution in [2.45, 2.75) is 51.7 Å². The summed E-state index contributed by atoms with van der Waals surface area (Å²) in [5.74, 6) is -2.77. The van der Waals surface area contributed by atoms with Gasteiger partial charge in [0.05, 0.1) is 5.92 Å². The minimum absolute atomic E-state index is 0.0500. The maximum atomic E-state index is 13.1. The number of hydrogen-bond donors (Lipinski definition) is 0. The molecule has 0 amide bonds. The molecule has 3 nitrogen and oxygen atoms in total. The van der Waals surface area contributed by atoms with Crippen LogP contribution in [0.4, 0.5) is 13.2 Å². The van der Waals surface area contributed by atoms with Crippen LogP contribution in [-0.2, 0) is 6.54 Å². The predicted molar refractivity (Wildman–Crippen MR) is 68.4 cm³/mol. The first-order chi connectivity index (χ1) is 9.45. The van der Waals surface area contributed by atoms with Gasteiger partial charge in [0, 0.05) is 24.9 Å². The standard InChI is InChI=1S/C14H19F3N2O/c1-2-8-19-9-7-18-13(19)12(20)10-5-3-4-6-11(10)14(15,16)17/h7,9-11H,2-6,8H2,1H3. The van der Waals surface area contributed by atoms with Gasteiger partial charge in [-0.25, -0.2) is 4.98 Å². The van der Waals surface area contributed by atoms with Crippen LogP contribution in [0.15, 0.2) is 12.4 Å². The van der Waals surface area contributed by atoms with Gasteiger partial charge in [-0.15, -0.1) is 0 Å². The third-order valence-electron chi connectivity index (χ3n) is 3.92. The van der Waals surface area contributed by atoms with Crippen molar-refractivity contribution in [3.63, 3.8) is 0 Å². The van der Waals surface area contributed by atoms with Gasteiger partial charge in [0.15, 0.2) is 5.82 Å². The van der Waals surface area contributed by atoms with Crippen molar-refractivity contribution in [3.8, 4) is 0 Å². The van der Waals surface area contributed by atoms with E-state index in [0.29, 0.717) is 25.8 Å². The van der Waals surface area contributed by atoms with Crippen LogP contribution >= 0.6 is 0 Å². The van der Waals surface area contributed by atoms with Crippen molar-refractivity contribution >= 4 is 5.78 Å². The lowest BCUT2D eigenvalue weighted by atomic mass is 9.76. The third kappa shape index (κ3) is 3.04. The van der Waals surface area contributed by atoms with E-state index in [-0.39, 0.29) is 12.2 Å². The Balaban J connectivity index is 2.23. The molecule has 2 unspecified atom stereocenters. The zero-order valence-corrected chi connectivity index (χ0v) is 11.5. The molecule has 1 aromatic heterocycles. The highest BCUT2D eigenvalue weighted by atomic mass is 19.4. The van der Waals surface area contributed by atoms with Gasteiger partial charge in [0.2, 0.25) is 5.78 Å². The number of carbonyl (C=O) groups is 1. The van der Waals surface area contributed by atoms with Crippen LogP contribution in [0.2, 0.25) is 0 Å². The van der Waals surface area contributed by atoms with Crippen LogP contribution in [0.25, 0.3) is 0 Å². The monoisotopic (exact) mass is 288 g/mol. The lowest BCUT2D eigenvalue weighted by Crippen LogP contribution is -2.38. The smallest absolute Gasteiger partial charge is 0.329 e. The summed E-state index contributed by atoms with van der Waals surface area (Å²) in [6, 6.07) is 0. The van der Waals surface area contributed by atoms with Gasteiger partial charge in [0.25, 0.3) is 0 Å². The molecule has 6 heteroatoms. The molecule has 0 aromatic carbocycles. The largest absolute Gasteiger partial charge is 0.392 e. The lowest BCUT2D eigenvalue weighted by molar-refractivity contribution is -0.191. The molecule has 112 valence electrons. The fourth-order valence-corrected chi connectivity index (χ4v) is 2.96.